The molecule has 0 aromatic heterocycles. The lowest BCUT2D eigenvalue weighted by Gasteiger charge is -2.21. The number of aliphatic hydroxyl groups excluding tert-OH is 1. The fourth-order valence-electron chi connectivity index (χ4n) is 2.03. The standard InChI is InChI=1S/C12H24O2/c1-3-4-5-6-7-11(13)12(14-2)10-8-9-10/h10-13H,3-9H2,1-2H3. The van der Waals surface area contributed by atoms with E-state index in [9.17, 15) is 5.11 Å². The van der Waals surface area contributed by atoms with Gasteiger partial charge in [-0.3, -0.25) is 0 Å². The van der Waals surface area contributed by atoms with Crippen molar-refractivity contribution >= 4 is 0 Å². The molecule has 1 aliphatic rings. The van der Waals surface area contributed by atoms with Gasteiger partial charge in [-0.1, -0.05) is 32.6 Å². The molecule has 2 heteroatoms. The van der Waals surface area contributed by atoms with Crippen LogP contribution >= 0.6 is 0 Å². The van der Waals surface area contributed by atoms with E-state index in [0.717, 1.165) is 12.8 Å². The molecule has 14 heavy (non-hydrogen) atoms. The van der Waals surface area contributed by atoms with E-state index in [1.165, 1.54) is 32.1 Å². The minimum absolute atomic E-state index is 0.108. The lowest BCUT2D eigenvalue weighted by Crippen LogP contribution is -2.29. The van der Waals surface area contributed by atoms with Gasteiger partial charge in [-0.25, -0.2) is 0 Å². The van der Waals surface area contributed by atoms with Crippen molar-refractivity contribution in [3.63, 3.8) is 0 Å². The van der Waals surface area contributed by atoms with Crippen LogP contribution in [0.3, 0.4) is 0 Å². The zero-order chi connectivity index (χ0) is 10.4. The van der Waals surface area contributed by atoms with Gasteiger partial charge < -0.3 is 9.84 Å². The highest BCUT2D eigenvalue weighted by molar-refractivity contribution is 4.86. The summed E-state index contributed by atoms with van der Waals surface area (Å²) in [6.45, 7) is 2.21. The molecule has 2 nitrogen and oxygen atoms in total. The molecule has 1 fully saturated rings. The van der Waals surface area contributed by atoms with Crippen molar-refractivity contribution < 1.29 is 9.84 Å². The van der Waals surface area contributed by atoms with Crippen LogP contribution in [0.5, 0.6) is 0 Å². The monoisotopic (exact) mass is 200 g/mol. The highest BCUT2D eigenvalue weighted by Crippen LogP contribution is 2.36. The van der Waals surface area contributed by atoms with Crippen LogP contribution in [0, 0.1) is 5.92 Å². The van der Waals surface area contributed by atoms with Crippen molar-refractivity contribution in [1.82, 2.24) is 0 Å². The Morgan fingerprint density at radius 2 is 2.00 bits per heavy atom. The lowest BCUT2D eigenvalue weighted by atomic mass is 10.0. The lowest BCUT2D eigenvalue weighted by molar-refractivity contribution is -0.0288. The summed E-state index contributed by atoms with van der Waals surface area (Å²) in [7, 11) is 1.72. The molecule has 0 radical (unpaired) electrons. The van der Waals surface area contributed by atoms with Gasteiger partial charge in [0.1, 0.15) is 0 Å². The second kappa shape index (κ2) is 6.41. The van der Waals surface area contributed by atoms with Gasteiger partial charge in [0.15, 0.2) is 0 Å². The number of methoxy groups -OCH3 is 1. The Morgan fingerprint density at radius 1 is 1.29 bits per heavy atom. The second-order valence-electron chi connectivity index (χ2n) is 4.45. The number of hydrogen-bond acceptors (Lipinski definition) is 2. The van der Waals surface area contributed by atoms with Crippen molar-refractivity contribution in [1.29, 1.82) is 0 Å². The molecule has 0 aromatic rings. The van der Waals surface area contributed by atoms with E-state index in [2.05, 4.69) is 6.92 Å². The highest BCUT2D eigenvalue weighted by atomic mass is 16.5. The SMILES string of the molecule is CCCCCCC(O)C(OC)C1CC1. The molecular weight excluding hydrogens is 176 g/mol. The maximum absolute atomic E-state index is 9.89. The molecule has 0 spiro atoms. The molecule has 84 valence electrons. The van der Waals surface area contributed by atoms with Gasteiger partial charge in [0.2, 0.25) is 0 Å². The van der Waals surface area contributed by atoms with E-state index < -0.39 is 0 Å². The average molecular weight is 200 g/mol. The Bertz CT molecular complexity index is 143. The van der Waals surface area contributed by atoms with Crippen molar-refractivity contribution in [2.45, 2.75) is 64.1 Å². The molecule has 1 rings (SSSR count). The predicted octanol–water partition coefficient (Wildman–Crippen LogP) is 2.74. The maximum Gasteiger partial charge on any atom is 0.0858 e. The molecule has 0 heterocycles. The van der Waals surface area contributed by atoms with E-state index in [0.29, 0.717) is 5.92 Å². The zero-order valence-corrected chi connectivity index (χ0v) is 9.54. The molecule has 1 saturated carbocycles. The Morgan fingerprint density at radius 3 is 2.50 bits per heavy atom. The van der Waals surface area contributed by atoms with Crippen molar-refractivity contribution in [2.24, 2.45) is 5.92 Å². The van der Waals surface area contributed by atoms with Gasteiger partial charge in [0.25, 0.3) is 0 Å². The number of ether oxygens (including phenoxy) is 1. The van der Waals surface area contributed by atoms with Crippen LogP contribution in [0.1, 0.15) is 51.9 Å². The summed E-state index contributed by atoms with van der Waals surface area (Å²) in [5.41, 5.74) is 0. The summed E-state index contributed by atoms with van der Waals surface area (Å²) < 4.78 is 5.34. The van der Waals surface area contributed by atoms with Crippen LogP contribution in [0.2, 0.25) is 0 Å². The van der Waals surface area contributed by atoms with Gasteiger partial charge in [0, 0.05) is 7.11 Å². The van der Waals surface area contributed by atoms with Gasteiger partial charge in [-0.15, -0.1) is 0 Å². The molecule has 1 aliphatic carbocycles. The summed E-state index contributed by atoms with van der Waals surface area (Å²) in [6.07, 6.45) is 8.20. The second-order valence-corrected chi connectivity index (χ2v) is 4.45. The van der Waals surface area contributed by atoms with Crippen LogP contribution in [-0.4, -0.2) is 24.4 Å². The van der Waals surface area contributed by atoms with E-state index >= 15 is 0 Å². The predicted molar refractivity (Wildman–Crippen MR) is 58.3 cm³/mol. The van der Waals surface area contributed by atoms with E-state index in [1.807, 2.05) is 0 Å². The quantitative estimate of drug-likeness (QED) is 0.610. The molecule has 0 bridgehead atoms. The van der Waals surface area contributed by atoms with Crippen LogP contribution in [0.25, 0.3) is 0 Å². The fourth-order valence-corrected chi connectivity index (χ4v) is 2.03. The molecule has 0 saturated heterocycles. The fraction of sp³-hybridized carbons (Fsp3) is 1.00. The van der Waals surface area contributed by atoms with Crippen molar-refractivity contribution in [2.75, 3.05) is 7.11 Å². The van der Waals surface area contributed by atoms with E-state index in [-0.39, 0.29) is 12.2 Å². The Labute approximate surface area is 87.7 Å². The normalized spacial score (nSPS) is 20.8. The minimum Gasteiger partial charge on any atom is -0.390 e. The van der Waals surface area contributed by atoms with Gasteiger partial charge in [-0.2, -0.15) is 0 Å². The Hall–Kier alpha value is -0.0800. The Balaban J connectivity index is 2.08. The molecule has 0 aliphatic heterocycles. The first-order valence-corrected chi connectivity index (χ1v) is 6.00. The topological polar surface area (TPSA) is 29.5 Å². The van der Waals surface area contributed by atoms with Gasteiger partial charge >= 0.3 is 0 Å². The number of rotatable bonds is 8. The summed E-state index contributed by atoms with van der Waals surface area (Å²) in [6, 6.07) is 0. The minimum atomic E-state index is -0.232. The van der Waals surface area contributed by atoms with Crippen LogP contribution in [-0.2, 0) is 4.74 Å². The third-order valence-electron chi connectivity index (χ3n) is 3.09. The van der Waals surface area contributed by atoms with E-state index in [1.54, 1.807) is 7.11 Å². The number of unbranched alkanes of at least 4 members (excludes halogenated alkanes) is 3. The summed E-state index contributed by atoms with van der Waals surface area (Å²) in [4.78, 5) is 0. The third kappa shape index (κ3) is 3.97. The van der Waals surface area contributed by atoms with E-state index in [4.69, 9.17) is 4.74 Å². The smallest absolute Gasteiger partial charge is 0.0858 e. The molecule has 2 atom stereocenters. The summed E-state index contributed by atoms with van der Waals surface area (Å²) >= 11 is 0. The Kier molecular flexibility index (Phi) is 5.49. The molecule has 0 aromatic carbocycles. The average Bonchev–Trinajstić information content (AvgIpc) is 2.98. The van der Waals surface area contributed by atoms with Crippen LogP contribution in [0.15, 0.2) is 0 Å². The first-order valence-electron chi connectivity index (χ1n) is 6.00. The largest absolute Gasteiger partial charge is 0.390 e. The van der Waals surface area contributed by atoms with Crippen molar-refractivity contribution in [3.05, 3.63) is 0 Å². The zero-order valence-electron chi connectivity index (χ0n) is 9.54. The molecule has 1 N–H and O–H groups in total. The maximum atomic E-state index is 9.89. The number of aliphatic hydroxyl groups is 1. The summed E-state index contributed by atoms with van der Waals surface area (Å²) in [5, 5.41) is 9.89. The van der Waals surface area contributed by atoms with Gasteiger partial charge in [0.05, 0.1) is 12.2 Å². The summed E-state index contributed by atoms with van der Waals surface area (Å²) in [5.74, 6) is 0.640. The van der Waals surface area contributed by atoms with Crippen molar-refractivity contribution in [3.8, 4) is 0 Å². The molecule has 2 unspecified atom stereocenters. The van der Waals surface area contributed by atoms with Crippen LogP contribution < -0.4 is 0 Å². The first-order chi connectivity index (χ1) is 6.79. The van der Waals surface area contributed by atoms with Gasteiger partial charge in [-0.05, 0) is 25.2 Å². The third-order valence-corrected chi connectivity index (χ3v) is 3.09. The van der Waals surface area contributed by atoms with Crippen LogP contribution in [0.4, 0.5) is 0 Å². The highest BCUT2D eigenvalue weighted by Gasteiger charge is 2.35. The molecular formula is C12H24O2. The number of hydrogen-bond donors (Lipinski definition) is 1. The first kappa shape index (κ1) is 12.0. The molecule has 0 amide bonds.